The summed E-state index contributed by atoms with van der Waals surface area (Å²) < 4.78 is 6.33. The number of aromatic amines is 1. The Balaban J connectivity index is 0.835. The van der Waals surface area contributed by atoms with Crippen LogP contribution in [0.3, 0.4) is 0 Å². The Morgan fingerprint density at radius 1 is 0.855 bits per heavy atom. The quantitative estimate of drug-likeness (QED) is 0.0722. The number of nitrogens with zero attached hydrogens (tertiary/aromatic N) is 3. The third-order valence-electron chi connectivity index (χ3n) is 13.3. The predicted molar refractivity (Wildman–Crippen MR) is 238 cm³/mol. The first-order valence-electron chi connectivity index (χ1n) is 22.1. The summed E-state index contributed by atoms with van der Waals surface area (Å²) in [5.41, 5.74) is 3.28. The second kappa shape index (κ2) is 19.5. The van der Waals surface area contributed by atoms with Gasteiger partial charge in [0.25, 0.3) is 5.91 Å². The maximum absolute atomic E-state index is 14.1. The number of phenols is 1. The van der Waals surface area contributed by atoms with Gasteiger partial charge in [-0.05, 0) is 111 Å². The molecule has 324 valence electrons. The second-order valence-corrected chi connectivity index (χ2v) is 17.2. The second-order valence-electron chi connectivity index (χ2n) is 17.2. The van der Waals surface area contributed by atoms with Crippen molar-refractivity contribution in [2.45, 2.75) is 69.1 Å². The number of likely N-dealkylation sites (tertiary alicyclic amines) is 1. The van der Waals surface area contributed by atoms with Gasteiger partial charge in [-0.3, -0.25) is 24.1 Å². The molecule has 12 nitrogen and oxygen atoms in total. The lowest BCUT2D eigenvalue weighted by Crippen LogP contribution is -2.55. The Labute approximate surface area is 362 Å². The van der Waals surface area contributed by atoms with Gasteiger partial charge in [0.1, 0.15) is 11.9 Å². The topological polar surface area (TPSA) is 156 Å². The van der Waals surface area contributed by atoms with Crippen LogP contribution in [0.4, 0.5) is 0 Å². The maximum Gasteiger partial charge on any atom is 0.317 e. The molecule has 0 unspecified atom stereocenters. The number of nitrogens with one attached hydrogen (secondary N) is 2. The average molecular weight is 840 g/mol. The zero-order chi connectivity index (χ0) is 43.1. The van der Waals surface area contributed by atoms with E-state index >= 15 is 0 Å². The average Bonchev–Trinajstić information content (AvgIpc) is 3.31. The van der Waals surface area contributed by atoms with E-state index in [0.29, 0.717) is 87.3 Å². The van der Waals surface area contributed by atoms with Crippen LogP contribution in [0.25, 0.3) is 10.9 Å². The van der Waals surface area contributed by atoms with E-state index in [0.717, 1.165) is 49.2 Å². The molecule has 2 bridgehead atoms. The first-order chi connectivity index (χ1) is 30.2. The molecule has 2 atom stereocenters. The predicted octanol–water partition coefficient (Wildman–Crippen LogP) is 5.72. The van der Waals surface area contributed by atoms with Gasteiger partial charge < -0.3 is 35.1 Å². The number of aryl methyl sites for hydroxylation is 1. The van der Waals surface area contributed by atoms with E-state index in [1.165, 1.54) is 12.1 Å². The van der Waals surface area contributed by atoms with E-state index in [2.05, 4.69) is 15.2 Å². The molecule has 12 heteroatoms. The Bertz CT molecular complexity index is 2370. The van der Waals surface area contributed by atoms with Gasteiger partial charge in [-0.2, -0.15) is 0 Å². The summed E-state index contributed by atoms with van der Waals surface area (Å²) >= 11 is 0. The zero-order valence-electron chi connectivity index (χ0n) is 35.2. The molecule has 4 aromatic carbocycles. The number of H-pyrrole nitrogens is 1. The molecule has 1 aromatic heterocycles. The van der Waals surface area contributed by atoms with Crippen LogP contribution in [-0.2, 0) is 32.7 Å². The molecule has 62 heavy (non-hydrogen) atoms. The van der Waals surface area contributed by atoms with Crippen molar-refractivity contribution in [2.75, 3.05) is 52.4 Å². The molecule has 0 spiro atoms. The standard InChI is InChI=1S/C50H57N5O7/c56-42-19-17-40(41-18-20-45(58)52-47(41)42)43(57)32-51-26-7-27-55(33-36-8-3-1-4-9-36)48(60)38-15-12-35(13-16-38)14-21-46(59)54-30-24-50(25-31-54,39-10-5-2-6-11-39)49(61)62-44-34-53-28-22-37(44)23-29-53/h1-6,8-13,15-20,37,43-44,51,56-57H,7,14,21-34H2,(H,52,58)/t43-,44-/m0/s1. The molecule has 0 aliphatic carbocycles. The molecule has 0 radical (unpaired) electrons. The van der Waals surface area contributed by atoms with Crippen LogP contribution in [0.15, 0.2) is 114 Å². The molecule has 4 N–H and O–H groups in total. The highest BCUT2D eigenvalue weighted by Crippen LogP contribution is 2.39. The first-order valence-corrected chi connectivity index (χ1v) is 22.1. The highest BCUT2D eigenvalue weighted by Gasteiger charge is 2.47. The number of ether oxygens (including phenoxy) is 1. The van der Waals surface area contributed by atoms with Crippen molar-refractivity contribution in [3.8, 4) is 5.75 Å². The number of amides is 2. The van der Waals surface area contributed by atoms with Gasteiger partial charge in [-0.15, -0.1) is 0 Å². The van der Waals surface area contributed by atoms with E-state index in [1.807, 2.05) is 94.7 Å². The summed E-state index contributed by atoms with van der Waals surface area (Å²) in [6, 6.07) is 33.4. The third kappa shape index (κ3) is 9.78. The molecule has 0 saturated carbocycles. The molecule has 9 rings (SSSR count). The number of aromatic hydroxyl groups is 1. The highest BCUT2D eigenvalue weighted by molar-refractivity contribution is 5.94. The van der Waals surface area contributed by atoms with Gasteiger partial charge in [0.15, 0.2) is 0 Å². The molecule has 2 amide bonds. The summed E-state index contributed by atoms with van der Waals surface area (Å²) in [5, 5.41) is 25.0. The van der Waals surface area contributed by atoms with Gasteiger partial charge in [-0.1, -0.05) is 78.9 Å². The molecule has 5 aromatic rings. The minimum Gasteiger partial charge on any atom is -0.506 e. The van der Waals surface area contributed by atoms with Crippen LogP contribution < -0.4 is 10.9 Å². The number of pyridine rings is 1. The lowest BCUT2D eigenvalue weighted by Gasteiger charge is -2.46. The molecule has 4 fully saturated rings. The fourth-order valence-corrected chi connectivity index (χ4v) is 9.56. The van der Waals surface area contributed by atoms with Crippen LogP contribution in [0.5, 0.6) is 5.75 Å². The zero-order valence-corrected chi connectivity index (χ0v) is 35.2. The van der Waals surface area contributed by atoms with Crippen molar-refractivity contribution in [2.24, 2.45) is 5.92 Å². The van der Waals surface area contributed by atoms with E-state index in [-0.39, 0.29) is 47.3 Å². The van der Waals surface area contributed by atoms with Gasteiger partial charge in [0.05, 0.1) is 17.0 Å². The molecule has 4 saturated heterocycles. The molecular weight excluding hydrogens is 783 g/mol. The first kappa shape index (κ1) is 42.9. The monoisotopic (exact) mass is 839 g/mol. The lowest BCUT2D eigenvalue weighted by atomic mass is 9.72. The van der Waals surface area contributed by atoms with Crippen molar-refractivity contribution >= 4 is 28.7 Å². The fourth-order valence-electron chi connectivity index (χ4n) is 9.56. The van der Waals surface area contributed by atoms with Crippen molar-refractivity contribution < 1.29 is 29.3 Å². The minimum absolute atomic E-state index is 0.0560. The number of piperidine rings is 4. The Morgan fingerprint density at radius 3 is 2.26 bits per heavy atom. The van der Waals surface area contributed by atoms with Crippen molar-refractivity contribution in [3.05, 3.63) is 147 Å². The normalized spacial score (nSPS) is 19.8. The van der Waals surface area contributed by atoms with Crippen LogP contribution >= 0.6 is 0 Å². The maximum atomic E-state index is 14.1. The summed E-state index contributed by atoms with van der Waals surface area (Å²) in [6.07, 6.45) is 3.77. The van der Waals surface area contributed by atoms with Crippen LogP contribution in [0.2, 0.25) is 0 Å². The van der Waals surface area contributed by atoms with Gasteiger partial charge in [0, 0.05) is 62.7 Å². The number of benzene rings is 4. The Morgan fingerprint density at radius 2 is 1.56 bits per heavy atom. The minimum atomic E-state index is -0.880. The van der Waals surface area contributed by atoms with Crippen molar-refractivity contribution in [1.82, 2.24) is 25.0 Å². The number of aromatic nitrogens is 1. The number of aliphatic hydroxyl groups excluding tert-OH is 1. The van der Waals surface area contributed by atoms with Gasteiger partial charge in [-0.25, -0.2) is 0 Å². The van der Waals surface area contributed by atoms with Gasteiger partial charge in [0.2, 0.25) is 11.5 Å². The number of carbonyl (C=O) groups is 3. The van der Waals surface area contributed by atoms with E-state index in [4.69, 9.17) is 4.74 Å². The molecular formula is C50H57N5O7. The van der Waals surface area contributed by atoms with E-state index in [9.17, 15) is 29.4 Å². The summed E-state index contributed by atoms with van der Waals surface area (Å²) in [7, 11) is 0. The third-order valence-corrected chi connectivity index (χ3v) is 13.3. The molecule has 4 aliphatic heterocycles. The number of phenolic OH excluding ortho intramolecular Hbond substituents is 1. The van der Waals surface area contributed by atoms with Crippen LogP contribution in [0, 0.1) is 5.92 Å². The number of rotatable bonds is 16. The number of aliphatic hydroxyl groups is 1. The summed E-state index contributed by atoms with van der Waals surface area (Å²) in [4.78, 5) is 62.1. The Hall–Kier alpha value is -5.82. The molecule has 4 aliphatic rings. The summed E-state index contributed by atoms with van der Waals surface area (Å²) in [5.74, 6) is 0.176. The number of hydrogen-bond acceptors (Lipinski definition) is 9. The van der Waals surface area contributed by atoms with Crippen molar-refractivity contribution in [3.63, 3.8) is 0 Å². The van der Waals surface area contributed by atoms with Crippen LogP contribution in [-0.4, -0.2) is 106 Å². The SMILES string of the molecule is O=C(CCc1ccc(C(=O)N(CCCNC[C@H](O)c2ccc(O)c3[nH]c(=O)ccc23)Cc2ccccc2)cc1)N1CCC(C(=O)O[C@H]2CN3CCC2CC3)(c2ccccc2)CC1. The molecule has 5 heterocycles. The number of fused-ring (bicyclic) bond motifs is 4. The van der Waals surface area contributed by atoms with Gasteiger partial charge >= 0.3 is 5.97 Å². The van der Waals surface area contributed by atoms with E-state index < -0.39 is 11.5 Å². The number of esters is 1. The lowest BCUT2D eigenvalue weighted by molar-refractivity contribution is -0.168. The number of hydrogen-bond donors (Lipinski definition) is 4. The van der Waals surface area contributed by atoms with E-state index in [1.54, 1.807) is 12.1 Å². The largest absolute Gasteiger partial charge is 0.506 e. The Kier molecular flexibility index (Phi) is 13.5. The highest BCUT2D eigenvalue weighted by atomic mass is 16.5. The van der Waals surface area contributed by atoms with Crippen LogP contribution in [0.1, 0.15) is 77.2 Å². The van der Waals surface area contributed by atoms with Crippen molar-refractivity contribution in [1.29, 1.82) is 0 Å². The smallest absolute Gasteiger partial charge is 0.317 e. The fraction of sp³-hybridized carbons (Fsp3) is 0.400. The number of carbonyl (C=O) groups excluding carboxylic acids is 3. The summed E-state index contributed by atoms with van der Waals surface area (Å²) in [6.45, 7) is 5.67.